The lowest BCUT2D eigenvalue weighted by molar-refractivity contribution is -0.150. The van der Waals surface area contributed by atoms with E-state index < -0.39 is 5.54 Å². The Kier molecular flexibility index (Phi) is 6.63. The van der Waals surface area contributed by atoms with Crippen molar-refractivity contribution in [1.82, 2.24) is 5.32 Å². The van der Waals surface area contributed by atoms with E-state index in [1.54, 1.807) is 0 Å². The molecule has 0 saturated heterocycles. The lowest BCUT2D eigenvalue weighted by atomic mass is 9.97. The average molecular weight is 382 g/mol. The number of carbonyl (C=O) groups is 2. The SMILES string of the molecule is COC(=O)C1(NC(=O)CCCCc2ccc(Br)cc2)CCCC1. The van der Waals surface area contributed by atoms with Gasteiger partial charge in [-0.05, 0) is 49.8 Å². The second-order valence-electron chi connectivity index (χ2n) is 6.16. The Hall–Kier alpha value is -1.36. The van der Waals surface area contributed by atoms with Crippen molar-refractivity contribution in [3.63, 3.8) is 0 Å². The maximum absolute atomic E-state index is 12.2. The quantitative estimate of drug-likeness (QED) is 0.577. The fourth-order valence-corrected chi connectivity index (χ4v) is 3.41. The number of nitrogens with one attached hydrogen (secondary N) is 1. The molecule has 0 radical (unpaired) electrons. The number of rotatable bonds is 7. The van der Waals surface area contributed by atoms with Crippen molar-refractivity contribution in [3.05, 3.63) is 34.3 Å². The third-order valence-electron chi connectivity index (χ3n) is 4.44. The summed E-state index contributed by atoms with van der Waals surface area (Å²) in [6, 6.07) is 8.24. The molecule has 126 valence electrons. The summed E-state index contributed by atoms with van der Waals surface area (Å²) in [7, 11) is 1.38. The summed E-state index contributed by atoms with van der Waals surface area (Å²) in [6.07, 6.45) is 6.48. The number of methoxy groups -OCH3 is 1. The molecule has 0 heterocycles. The molecule has 1 N–H and O–H groups in total. The van der Waals surface area contributed by atoms with Gasteiger partial charge >= 0.3 is 5.97 Å². The van der Waals surface area contributed by atoms with Gasteiger partial charge < -0.3 is 10.1 Å². The molecular formula is C18H24BrNO3. The summed E-state index contributed by atoms with van der Waals surface area (Å²) in [4.78, 5) is 24.1. The predicted octanol–water partition coefficient (Wildman–Crippen LogP) is 3.76. The number of esters is 1. The van der Waals surface area contributed by atoms with Crippen LogP contribution in [0.2, 0.25) is 0 Å². The van der Waals surface area contributed by atoms with Gasteiger partial charge in [0.05, 0.1) is 7.11 Å². The third-order valence-corrected chi connectivity index (χ3v) is 4.97. The summed E-state index contributed by atoms with van der Waals surface area (Å²) >= 11 is 3.42. The van der Waals surface area contributed by atoms with Crippen molar-refractivity contribution in [3.8, 4) is 0 Å². The summed E-state index contributed by atoms with van der Waals surface area (Å²) in [5.41, 5.74) is 0.493. The second-order valence-corrected chi connectivity index (χ2v) is 7.08. The lowest BCUT2D eigenvalue weighted by Crippen LogP contribution is -2.53. The van der Waals surface area contributed by atoms with Gasteiger partial charge in [-0.25, -0.2) is 4.79 Å². The van der Waals surface area contributed by atoms with Crippen molar-refractivity contribution in [2.45, 2.75) is 56.9 Å². The van der Waals surface area contributed by atoms with Crippen LogP contribution in [-0.4, -0.2) is 24.5 Å². The van der Waals surface area contributed by atoms with Crippen molar-refractivity contribution in [2.24, 2.45) is 0 Å². The van der Waals surface area contributed by atoms with Crippen LogP contribution in [0.5, 0.6) is 0 Å². The fraction of sp³-hybridized carbons (Fsp3) is 0.556. The molecule has 1 aromatic carbocycles. The van der Waals surface area contributed by atoms with Gasteiger partial charge in [0.1, 0.15) is 5.54 Å². The topological polar surface area (TPSA) is 55.4 Å². The maximum Gasteiger partial charge on any atom is 0.331 e. The number of hydrogen-bond acceptors (Lipinski definition) is 3. The fourth-order valence-electron chi connectivity index (χ4n) is 3.15. The van der Waals surface area contributed by atoms with Gasteiger partial charge in [-0.3, -0.25) is 4.79 Å². The second kappa shape index (κ2) is 8.48. The van der Waals surface area contributed by atoms with Crippen LogP contribution in [0.25, 0.3) is 0 Å². The Labute approximate surface area is 146 Å². The molecule has 0 aromatic heterocycles. The van der Waals surface area contributed by atoms with Crippen LogP contribution < -0.4 is 5.32 Å². The average Bonchev–Trinajstić information content (AvgIpc) is 3.02. The van der Waals surface area contributed by atoms with Gasteiger partial charge in [-0.1, -0.05) is 40.9 Å². The van der Waals surface area contributed by atoms with E-state index in [4.69, 9.17) is 4.74 Å². The Morgan fingerprint density at radius 3 is 2.43 bits per heavy atom. The van der Waals surface area contributed by atoms with E-state index >= 15 is 0 Å². The molecular weight excluding hydrogens is 358 g/mol. The molecule has 0 unspecified atom stereocenters. The smallest absolute Gasteiger partial charge is 0.331 e. The van der Waals surface area contributed by atoms with Crippen LogP contribution in [0.3, 0.4) is 0 Å². The molecule has 0 atom stereocenters. The van der Waals surface area contributed by atoms with E-state index in [1.165, 1.54) is 12.7 Å². The summed E-state index contributed by atoms with van der Waals surface area (Å²) in [6.45, 7) is 0. The first-order valence-electron chi connectivity index (χ1n) is 8.20. The summed E-state index contributed by atoms with van der Waals surface area (Å²) in [5, 5.41) is 2.93. The number of benzene rings is 1. The highest BCUT2D eigenvalue weighted by Crippen LogP contribution is 2.31. The van der Waals surface area contributed by atoms with Crippen LogP contribution in [0, 0.1) is 0 Å². The minimum atomic E-state index is -0.780. The lowest BCUT2D eigenvalue weighted by Gasteiger charge is -2.27. The Morgan fingerprint density at radius 1 is 1.17 bits per heavy atom. The molecule has 2 rings (SSSR count). The van der Waals surface area contributed by atoms with E-state index in [2.05, 4.69) is 33.4 Å². The van der Waals surface area contributed by atoms with Crippen molar-refractivity contribution < 1.29 is 14.3 Å². The van der Waals surface area contributed by atoms with Crippen molar-refractivity contribution >= 4 is 27.8 Å². The minimum Gasteiger partial charge on any atom is -0.467 e. The molecule has 5 heteroatoms. The molecule has 4 nitrogen and oxygen atoms in total. The number of amides is 1. The first kappa shape index (κ1) is 18.0. The van der Waals surface area contributed by atoms with Crippen LogP contribution in [0.15, 0.2) is 28.7 Å². The molecule has 0 bridgehead atoms. The van der Waals surface area contributed by atoms with Gasteiger partial charge in [0.2, 0.25) is 5.91 Å². The van der Waals surface area contributed by atoms with Crippen LogP contribution >= 0.6 is 15.9 Å². The molecule has 1 aliphatic rings. The normalized spacial score (nSPS) is 16.1. The van der Waals surface area contributed by atoms with E-state index in [-0.39, 0.29) is 11.9 Å². The number of halogens is 1. The molecule has 1 aromatic rings. The number of hydrogen-bond donors (Lipinski definition) is 1. The zero-order valence-corrected chi connectivity index (χ0v) is 15.2. The minimum absolute atomic E-state index is 0.0480. The largest absolute Gasteiger partial charge is 0.467 e. The molecule has 1 fully saturated rings. The van der Waals surface area contributed by atoms with Crippen LogP contribution in [-0.2, 0) is 20.7 Å². The Morgan fingerprint density at radius 2 is 1.83 bits per heavy atom. The molecule has 0 spiro atoms. The number of carbonyl (C=O) groups excluding carboxylic acids is 2. The molecule has 23 heavy (non-hydrogen) atoms. The van der Waals surface area contributed by atoms with Gasteiger partial charge in [0.25, 0.3) is 0 Å². The van der Waals surface area contributed by atoms with E-state index in [0.29, 0.717) is 19.3 Å². The van der Waals surface area contributed by atoms with Gasteiger partial charge in [0, 0.05) is 10.9 Å². The van der Waals surface area contributed by atoms with Crippen LogP contribution in [0.4, 0.5) is 0 Å². The molecule has 1 saturated carbocycles. The standard InChI is InChI=1S/C18H24BrNO3/c1-23-17(22)18(12-4-5-13-18)20-16(21)7-3-2-6-14-8-10-15(19)11-9-14/h8-11H,2-7,12-13H2,1H3,(H,20,21). The van der Waals surface area contributed by atoms with Gasteiger partial charge in [0.15, 0.2) is 0 Å². The highest BCUT2D eigenvalue weighted by molar-refractivity contribution is 9.10. The zero-order chi connectivity index (χ0) is 16.7. The Bertz CT molecular complexity index is 536. The monoisotopic (exact) mass is 381 g/mol. The van der Waals surface area contributed by atoms with E-state index in [9.17, 15) is 9.59 Å². The summed E-state index contributed by atoms with van der Waals surface area (Å²) in [5.74, 6) is -0.355. The number of aryl methyl sites for hydroxylation is 1. The first-order chi connectivity index (χ1) is 11.1. The van der Waals surface area contributed by atoms with E-state index in [1.807, 2.05) is 12.1 Å². The highest BCUT2D eigenvalue weighted by Gasteiger charge is 2.43. The number of ether oxygens (including phenoxy) is 1. The van der Waals surface area contributed by atoms with Crippen molar-refractivity contribution in [2.75, 3.05) is 7.11 Å². The van der Waals surface area contributed by atoms with Crippen LogP contribution in [0.1, 0.15) is 50.5 Å². The van der Waals surface area contributed by atoms with Crippen molar-refractivity contribution in [1.29, 1.82) is 0 Å². The van der Waals surface area contributed by atoms with E-state index in [0.717, 1.165) is 36.6 Å². The zero-order valence-electron chi connectivity index (χ0n) is 13.6. The Balaban J connectivity index is 1.74. The predicted molar refractivity (Wildman–Crippen MR) is 93.1 cm³/mol. The molecule has 1 amide bonds. The molecule has 0 aliphatic heterocycles. The first-order valence-corrected chi connectivity index (χ1v) is 8.99. The van der Waals surface area contributed by atoms with Gasteiger partial charge in [-0.15, -0.1) is 0 Å². The number of unbranched alkanes of at least 4 members (excludes halogenated alkanes) is 1. The molecule has 1 aliphatic carbocycles. The third kappa shape index (κ3) is 5.06. The van der Waals surface area contributed by atoms with Gasteiger partial charge in [-0.2, -0.15) is 0 Å². The maximum atomic E-state index is 12.2. The highest BCUT2D eigenvalue weighted by atomic mass is 79.9. The summed E-state index contributed by atoms with van der Waals surface area (Å²) < 4.78 is 5.95.